The Bertz CT molecular complexity index is 547. The highest BCUT2D eigenvalue weighted by Crippen LogP contribution is 2.25. The highest BCUT2D eigenvalue weighted by molar-refractivity contribution is 6.33. The number of carbonyl (C=O) groups excluding carboxylic acids is 2. The summed E-state index contributed by atoms with van der Waals surface area (Å²) >= 11 is 5.84. The first-order chi connectivity index (χ1) is 8.87. The fourth-order valence-electron chi connectivity index (χ4n) is 2.00. The minimum absolute atomic E-state index is 0.196. The minimum atomic E-state index is -0.810. The molecule has 1 saturated heterocycles. The summed E-state index contributed by atoms with van der Waals surface area (Å²) in [5.74, 6) is -0.214. The second kappa shape index (κ2) is 4.74. The smallest absolute Gasteiger partial charge is 0.325 e. The summed E-state index contributed by atoms with van der Waals surface area (Å²) in [6, 6.07) is 4.71. The summed E-state index contributed by atoms with van der Waals surface area (Å²) in [5, 5.41) is 3.16. The van der Waals surface area contributed by atoms with E-state index in [4.69, 9.17) is 17.3 Å². The van der Waals surface area contributed by atoms with Gasteiger partial charge in [0.2, 0.25) is 0 Å². The normalized spacial score (nSPS) is 22.8. The van der Waals surface area contributed by atoms with Gasteiger partial charge in [-0.25, -0.2) is 4.79 Å². The van der Waals surface area contributed by atoms with Crippen LogP contribution in [0, 0.1) is 0 Å². The number of nitrogens with two attached hydrogens (primary N) is 1. The molecule has 1 heterocycles. The first kappa shape index (κ1) is 13.7. The highest BCUT2D eigenvalue weighted by atomic mass is 35.5. The van der Waals surface area contributed by atoms with Crippen LogP contribution in [0.4, 0.5) is 10.5 Å². The molecule has 0 aliphatic carbocycles. The number of nitrogens with one attached hydrogen (secondary N) is 1. The maximum atomic E-state index is 12.2. The van der Waals surface area contributed by atoms with Crippen LogP contribution in [0.5, 0.6) is 0 Å². The Labute approximate surface area is 116 Å². The Morgan fingerprint density at radius 1 is 1.42 bits per heavy atom. The lowest BCUT2D eigenvalue weighted by Crippen LogP contribution is -2.43. The van der Waals surface area contributed by atoms with Crippen LogP contribution in [0.1, 0.15) is 25.8 Å². The number of imide groups is 1. The number of nitrogen functional groups attached to an aromatic ring is 1. The van der Waals surface area contributed by atoms with Crippen molar-refractivity contribution in [2.45, 2.75) is 32.4 Å². The Morgan fingerprint density at radius 2 is 2.11 bits per heavy atom. The zero-order valence-corrected chi connectivity index (χ0v) is 11.6. The molecule has 0 spiro atoms. The van der Waals surface area contributed by atoms with Gasteiger partial charge < -0.3 is 11.1 Å². The molecular formula is C13H16ClN3O2. The maximum absolute atomic E-state index is 12.2. The van der Waals surface area contributed by atoms with Crippen molar-refractivity contribution in [3.8, 4) is 0 Å². The number of amides is 3. The minimum Gasteiger partial charge on any atom is -0.398 e. The SMILES string of the molecule is CCC1(C)NC(=O)N(Cc2ccc(Cl)c(N)c2)C1=O. The fraction of sp³-hybridized carbons (Fsp3) is 0.385. The predicted octanol–water partition coefficient (Wildman–Crippen LogP) is 2.14. The second-order valence-corrected chi connectivity index (χ2v) is 5.27. The molecule has 2 rings (SSSR count). The van der Waals surface area contributed by atoms with Gasteiger partial charge in [0.1, 0.15) is 5.54 Å². The van der Waals surface area contributed by atoms with E-state index in [2.05, 4.69) is 5.32 Å². The zero-order chi connectivity index (χ0) is 14.2. The molecule has 1 fully saturated rings. The van der Waals surface area contributed by atoms with Crippen molar-refractivity contribution >= 4 is 29.2 Å². The molecule has 5 nitrogen and oxygen atoms in total. The molecule has 102 valence electrons. The molecule has 0 aromatic heterocycles. The molecule has 1 aromatic rings. The van der Waals surface area contributed by atoms with Crippen LogP contribution >= 0.6 is 11.6 Å². The number of urea groups is 1. The van der Waals surface area contributed by atoms with Crippen LogP contribution < -0.4 is 11.1 Å². The molecule has 1 unspecified atom stereocenters. The van der Waals surface area contributed by atoms with Crippen LogP contribution in [0.15, 0.2) is 18.2 Å². The third-order valence-corrected chi connectivity index (χ3v) is 3.80. The Hall–Kier alpha value is -1.75. The molecule has 0 bridgehead atoms. The molecular weight excluding hydrogens is 266 g/mol. The van der Waals surface area contributed by atoms with Gasteiger partial charge in [-0.3, -0.25) is 9.69 Å². The summed E-state index contributed by atoms with van der Waals surface area (Å²) in [7, 11) is 0. The Kier molecular flexibility index (Phi) is 3.41. The summed E-state index contributed by atoms with van der Waals surface area (Å²) in [5.41, 5.74) is 6.10. The second-order valence-electron chi connectivity index (χ2n) is 4.86. The van der Waals surface area contributed by atoms with E-state index < -0.39 is 5.54 Å². The lowest BCUT2D eigenvalue weighted by Gasteiger charge is -2.19. The van der Waals surface area contributed by atoms with Crippen molar-refractivity contribution in [3.63, 3.8) is 0 Å². The number of halogens is 1. The zero-order valence-electron chi connectivity index (χ0n) is 10.9. The fourth-order valence-corrected chi connectivity index (χ4v) is 2.12. The highest BCUT2D eigenvalue weighted by Gasteiger charge is 2.46. The van der Waals surface area contributed by atoms with E-state index in [1.165, 1.54) is 4.90 Å². The number of hydrogen-bond acceptors (Lipinski definition) is 3. The topological polar surface area (TPSA) is 75.4 Å². The first-order valence-corrected chi connectivity index (χ1v) is 6.43. The Morgan fingerprint density at radius 3 is 2.63 bits per heavy atom. The largest absolute Gasteiger partial charge is 0.398 e. The van der Waals surface area contributed by atoms with Crippen LogP contribution in [0.2, 0.25) is 5.02 Å². The average Bonchev–Trinajstić information content (AvgIpc) is 2.58. The van der Waals surface area contributed by atoms with E-state index in [1.807, 2.05) is 6.92 Å². The summed E-state index contributed by atoms with van der Waals surface area (Å²) in [4.78, 5) is 25.3. The molecule has 1 aromatic carbocycles. The third kappa shape index (κ3) is 2.38. The summed E-state index contributed by atoms with van der Waals surface area (Å²) in [6.07, 6.45) is 0.552. The number of anilines is 1. The van der Waals surface area contributed by atoms with E-state index >= 15 is 0 Å². The van der Waals surface area contributed by atoms with Gasteiger partial charge in [0.05, 0.1) is 17.3 Å². The average molecular weight is 282 g/mol. The van der Waals surface area contributed by atoms with Gasteiger partial charge in [-0.2, -0.15) is 0 Å². The van der Waals surface area contributed by atoms with Crippen LogP contribution in [0.3, 0.4) is 0 Å². The maximum Gasteiger partial charge on any atom is 0.325 e. The first-order valence-electron chi connectivity index (χ1n) is 6.05. The van der Waals surface area contributed by atoms with Crippen molar-refractivity contribution in [3.05, 3.63) is 28.8 Å². The lowest BCUT2D eigenvalue weighted by molar-refractivity contribution is -0.131. The van der Waals surface area contributed by atoms with Crippen molar-refractivity contribution in [2.24, 2.45) is 0 Å². The van der Waals surface area contributed by atoms with Gasteiger partial charge in [0, 0.05) is 0 Å². The number of rotatable bonds is 3. The number of carbonyl (C=O) groups is 2. The van der Waals surface area contributed by atoms with Gasteiger partial charge in [0.25, 0.3) is 5.91 Å². The quantitative estimate of drug-likeness (QED) is 0.658. The van der Waals surface area contributed by atoms with Crippen molar-refractivity contribution < 1.29 is 9.59 Å². The predicted molar refractivity (Wildman–Crippen MR) is 73.6 cm³/mol. The van der Waals surface area contributed by atoms with Crippen molar-refractivity contribution in [2.75, 3.05) is 5.73 Å². The van der Waals surface area contributed by atoms with Crippen LogP contribution in [0.25, 0.3) is 0 Å². The van der Waals surface area contributed by atoms with E-state index in [0.717, 1.165) is 5.56 Å². The van der Waals surface area contributed by atoms with Crippen molar-refractivity contribution in [1.29, 1.82) is 0 Å². The number of hydrogen-bond donors (Lipinski definition) is 2. The molecule has 0 radical (unpaired) electrons. The van der Waals surface area contributed by atoms with E-state index in [1.54, 1.807) is 25.1 Å². The van der Waals surface area contributed by atoms with Crippen molar-refractivity contribution in [1.82, 2.24) is 10.2 Å². The molecule has 0 saturated carbocycles. The molecule has 3 amide bonds. The number of nitrogens with zero attached hydrogens (tertiary/aromatic N) is 1. The van der Waals surface area contributed by atoms with Gasteiger partial charge in [-0.1, -0.05) is 24.6 Å². The molecule has 3 N–H and O–H groups in total. The van der Waals surface area contributed by atoms with Gasteiger partial charge >= 0.3 is 6.03 Å². The Balaban J connectivity index is 2.21. The van der Waals surface area contributed by atoms with E-state index in [9.17, 15) is 9.59 Å². The molecule has 6 heteroatoms. The van der Waals surface area contributed by atoms with E-state index in [0.29, 0.717) is 17.1 Å². The molecule has 19 heavy (non-hydrogen) atoms. The third-order valence-electron chi connectivity index (χ3n) is 3.45. The van der Waals surface area contributed by atoms with Crippen LogP contribution in [-0.4, -0.2) is 22.4 Å². The van der Waals surface area contributed by atoms with Crippen LogP contribution in [-0.2, 0) is 11.3 Å². The van der Waals surface area contributed by atoms with E-state index in [-0.39, 0.29) is 18.5 Å². The monoisotopic (exact) mass is 281 g/mol. The van der Waals surface area contributed by atoms with Gasteiger partial charge in [0.15, 0.2) is 0 Å². The molecule has 1 aliphatic rings. The van der Waals surface area contributed by atoms with Gasteiger partial charge in [-0.05, 0) is 31.0 Å². The standard InChI is InChI=1S/C13H16ClN3O2/c1-3-13(2)11(18)17(12(19)16-13)7-8-4-5-9(14)10(15)6-8/h4-6H,3,7,15H2,1-2H3,(H,16,19). The molecule has 1 atom stereocenters. The number of benzene rings is 1. The van der Waals surface area contributed by atoms with Gasteiger partial charge in [-0.15, -0.1) is 0 Å². The summed E-state index contributed by atoms with van der Waals surface area (Å²) in [6.45, 7) is 3.78. The lowest BCUT2D eigenvalue weighted by atomic mass is 9.99. The summed E-state index contributed by atoms with van der Waals surface area (Å²) < 4.78 is 0. The molecule has 1 aliphatic heterocycles.